The van der Waals surface area contributed by atoms with Crippen molar-refractivity contribution in [1.82, 2.24) is 0 Å². The molecule has 13 rings (SSSR count). The van der Waals surface area contributed by atoms with Gasteiger partial charge in [-0.1, -0.05) is 227 Å². The minimum atomic E-state index is 0.174. The molecule has 4 nitrogen and oxygen atoms in total. The van der Waals surface area contributed by atoms with Crippen LogP contribution in [0.2, 0.25) is 0 Å². The number of fused-ring (bicyclic) bond motifs is 9. The molecule has 0 saturated heterocycles. The van der Waals surface area contributed by atoms with Crippen LogP contribution >= 0.6 is 0 Å². The molecule has 2 aromatic heterocycles. The summed E-state index contributed by atoms with van der Waals surface area (Å²) in [6.07, 6.45) is 3.97. The van der Waals surface area contributed by atoms with Crippen LogP contribution in [0.3, 0.4) is 0 Å². The highest BCUT2D eigenvalue weighted by molar-refractivity contribution is 6.22. The molecular formula is C81H76N2O2. The van der Waals surface area contributed by atoms with Gasteiger partial charge in [0.05, 0.1) is 22.7 Å². The van der Waals surface area contributed by atoms with Crippen molar-refractivity contribution in [2.24, 2.45) is 0 Å². The van der Waals surface area contributed by atoms with Crippen molar-refractivity contribution in [3.8, 4) is 22.3 Å². The van der Waals surface area contributed by atoms with Gasteiger partial charge in [0.1, 0.15) is 11.2 Å². The second-order valence-electron chi connectivity index (χ2n) is 24.5. The Balaban J connectivity index is 1.14. The fourth-order valence-corrected chi connectivity index (χ4v) is 13.7. The summed E-state index contributed by atoms with van der Waals surface area (Å²) in [6.45, 7) is 30.1. The van der Waals surface area contributed by atoms with Crippen LogP contribution in [0.1, 0.15) is 137 Å². The Kier molecular flexibility index (Phi) is 14.3. The number of anilines is 6. The molecule has 4 heteroatoms. The first kappa shape index (κ1) is 55.1. The van der Waals surface area contributed by atoms with E-state index in [0.29, 0.717) is 11.8 Å². The summed E-state index contributed by atoms with van der Waals surface area (Å²) in [5.41, 5.74) is 24.4. The molecule has 0 fully saturated rings. The fraction of sp³-hybridized carbons (Fsp3) is 0.210. The van der Waals surface area contributed by atoms with E-state index in [0.717, 1.165) is 113 Å². The number of furan rings is 2. The lowest BCUT2D eigenvalue weighted by Crippen LogP contribution is -2.14. The maximum atomic E-state index is 7.40. The molecule has 0 amide bonds. The largest absolute Gasteiger partial charge is 0.453 e. The molecule has 422 valence electrons. The van der Waals surface area contributed by atoms with E-state index in [1.807, 2.05) is 0 Å². The summed E-state index contributed by atoms with van der Waals surface area (Å²) >= 11 is 0. The van der Waals surface area contributed by atoms with Gasteiger partial charge in [0.15, 0.2) is 11.2 Å². The predicted molar refractivity (Wildman–Crippen MR) is 366 cm³/mol. The molecular weight excluding hydrogens is 1030 g/mol. The van der Waals surface area contributed by atoms with E-state index in [1.54, 1.807) is 0 Å². The lowest BCUT2D eigenvalue weighted by Gasteiger charge is -2.32. The molecule has 0 aliphatic heterocycles. The Morgan fingerprint density at radius 1 is 0.376 bits per heavy atom. The Morgan fingerprint density at radius 2 is 0.800 bits per heavy atom. The molecule has 0 spiro atoms. The number of benzene rings is 11. The molecule has 0 N–H and O–H groups in total. The lowest BCUT2D eigenvalue weighted by molar-refractivity contribution is 0.669. The van der Waals surface area contributed by atoms with Crippen LogP contribution in [0.15, 0.2) is 210 Å². The first-order chi connectivity index (χ1) is 41.3. The van der Waals surface area contributed by atoms with Crippen molar-refractivity contribution in [1.29, 1.82) is 0 Å². The van der Waals surface area contributed by atoms with E-state index < -0.39 is 0 Å². The summed E-state index contributed by atoms with van der Waals surface area (Å²) in [4.78, 5) is 4.97. The number of hydrogen-bond donors (Lipinski definition) is 0. The highest BCUT2D eigenvalue weighted by Gasteiger charge is 2.30. The summed E-state index contributed by atoms with van der Waals surface area (Å²) in [5, 5.41) is 9.14. The first-order valence-corrected chi connectivity index (χ1v) is 30.8. The maximum absolute atomic E-state index is 7.40. The van der Waals surface area contributed by atoms with Crippen molar-refractivity contribution in [2.45, 2.75) is 113 Å². The van der Waals surface area contributed by atoms with Crippen LogP contribution in [-0.4, -0.2) is 0 Å². The van der Waals surface area contributed by atoms with E-state index in [9.17, 15) is 0 Å². The third-order valence-electron chi connectivity index (χ3n) is 18.1. The molecule has 11 aromatic carbocycles. The van der Waals surface area contributed by atoms with Crippen molar-refractivity contribution in [3.05, 3.63) is 245 Å². The number of nitrogens with zero attached hydrogens (tertiary/aromatic N) is 2. The molecule has 0 aliphatic rings. The van der Waals surface area contributed by atoms with Crippen LogP contribution in [0.5, 0.6) is 0 Å². The smallest absolute Gasteiger partial charge is 0.159 e. The summed E-state index contributed by atoms with van der Waals surface area (Å²) in [7, 11) is 0. The summed E-state index contributed by atoms with van der Waals surface area (Å²) < 4.78 is 14.8. The van der Waals surface area contributed by atoms with Gasteiger partial charge < -0.3 is 18.6 Å². The molecule has 0 radical (unpaired) electrons. The summed E-state index contributed by atoms with van der Waals surface area (Å²) in [6, 6.07) is 72.0. The van der Waals surface area contributed by atoms with Gasteiger partial charge in [0.25, 0.3) is 0 Å². The SMILES string of the molecule is C=Cc1c(N(c2cccc(C(C)C)c2)c2cccc3c2oc2c(-c4ccccc4CC)cccc23)cc(C(C)C)c2ccc3c(N(c4cccc(C(C)C)c4)c4cccc5c4oc4c(-c6ccccc6CC)cccc45)cc(C(C)C)c(C)c3c12. The van der Waals surface area contributed by atoms with E-state index in [-0.39, 0.29) is 11.8 Å². The number of rotatable bonds is 15. The van der Waals surface area contributed by atoms with E-state index in [2.05, 4.69) is 286 Å². The van der Waals surface area contributed by atoms with Gasteiger partial charge >= 0.3 is 0 Å². The second kappa shape index (κ2) is 22.1. The fourth-order valence-electron chi connectivity index (χ4n) is 13.7. The molecule has 0 atom stereocenters. The van der Waals surface area contributed by atoms with Crippen molar-refractivity contribution < 1.29 is 8.83 Å². The quantitative estimate of drug-likeness (QED) is 0.0958. The molecule has 0 aliphatic carbocycles. The van der Waals surface area contributed by atoms with Crippen molar-refractivity contribution in [2.75, 3.05) is 9.80 Å². The zero-order chi connectivity index (χ0) is 58.9. The van der Waals surface area contributed by atoms with Crippen LogP contribution < -0.4 is 9.80 Å². The average Bonchev–Trinajstić information content (AvgIpc) is 1.78. The van der Waals surface area contributed by atoms with Crippen LogP contribution in [-0.2, 0) is 12.8 Å². The highest BCUT2D eigenvalue weighted by atomic mass is 16.3. The second-order valence-corrected chi connectivity index (χ2v) is 24.5. The third-order valence-corrected chi connectivity index (χ3v) is 18.1. The van der Waals surface area contributed by atoms with Crippen LogP contribution in [0.4, 0.5) is 34.1 Å². The Labute approximate surface area is 501 Å². The predicted octanol–water partition coefficient (Wildman–Crippen LogP) is 24.6. The summed E-state index contributed by atoms with van der Waals surface area (Å²) in [5.74, 6) is 0.987. The highest BCUT2D eigenvalue weighted by Crippen LogP contribution is 2.53. The average molecular weight is 1110 g/mol. The normalized spacial score (nSPS) is 12.0. The first-order valence-electron chi connectivity index (χ1n) is 30.8. The Hall–Kier alpha value is -9.12. The van der Waals surface area contributed by atoms with E-state index in [1.165, 1.54) is 66.2 Å². The van der Waals surface area contributed by atoms with Gasteiger partial charge in [0, 0.05) is 55.0 Å². The van der Waals surface area contributed by atoms with Gasteiger partial charge in [-0.25, -0.2) is 0 Å². The topological polar surface area (TPSA) is 32.8 Å². The molecule has 0 bridgehead atoms. The van der Waals surface area contributed by atoms with Gasteiger partial charge in [-0.3, -0.25) is 0 Å². The van der Waals surface area contributed by atoms with Crippen molar-refractivity contribution >= 4 is 106 Å². The molecule has 0 unspecified atom stereocenters. The van der Waals surface area contributed by atoms with E-state index in [4.69, 9.17) is 15.4 Å². The standard InChI is InChI=1S/C81H76N2O2/c1-13-53-26-16-18-32-60(53)63-34-22-36-65-67-38-24-40-72(80(67)84-78(63)65)82(57-30-20-28-55(44-57)48(4)5)74-47-71(51(10)11)62-42-43-69-75(46-70(50(8)9)52(12)76(69)77(62)59(74)15-3)83(58-31-21-29-56(45-58)49(6)7)73-41-25-39-68-66-37-23-35-64(79(66)85-81(68)73)61-33-19-17-27-54(61)14-2/h15-51H,3,13-14H2,1-2,4-12H3. The Morgan fingerprint density at radius 3 is 1.27 bits per heavy atom. The molecule has 2 heterocycles. The third kappa shape index (κ3) is 9.20. The number of aryl methyl sites for hydroxylation is 3. The van der Waals surface area contributed by atoms with Crippen molar-refractivity contribution in [3.63, 3.8) is 0 Å². The zero-order valence-electron chi connectivity index (χ0n) is 51.2. The number of para-hydroxylation sites is 4. The van der Waals surface area contributed by atoms with Crippen LogP contribution in [0, 0.1) is 6.92 Å². The lowest BCUT2D eigenvalue weighted by atomic mass is 9.84. The van der Waals surface area contributed by atoms with Gasteiger partial charge in [0.2, 0.25) is 0 Å². The zero-order valence-corrected chi connectivity index (χ0v) is 51.2. The Bertz CT molecular complexity index is 4750. The molecule has 13 aromatic rings. The van der Waals surface area contributed by atoms with Gasteiger partial charge in [-0.05, 0) is 158 Å². The molecule has 85 heavy (non-hydrogen) atoms. The maximum Gasteiger partial charge on any atom is 0.159 e. The van der Waals surface area contributed by atoms with E-state index >= 15 is 0 Å². The monoisotopic (exact) mass is 1110 g/mol. The van der Waals surface area contributed by atoms with Crippen LogP contribution in [0.25, 0.3) is 93.8 Å². The number of hydrogen-bond acceptors (Lipinski definition) is 4. The van der Waals surface area contributed by atoms with Gasteiger partial charge in [-0.15, -0.1) is 0 Å². The minimum absolute atomic E-state index is 0.174. The van der Waals surface area contributed by atoms with Gasteiger partial charge in [-0.2, -0.15) is 0 Å². The molecule has 0 saturated carbocycles. The minimum Gasteiger partial charge on any atom is -0.453 e.